The molecule has 0 bridgehead atoms. The lowest BCUT2D eigenvalue weighted by Gasteiger charge is -2.39. The molecule has 2 nitrogen and oxygen atoms in total. The summed E-state index contributed by atoms with van der Waals surface area (Å²) in [6, 6.07) is 19.3. The van der Waals surface area contributed by atoms with Gasteiger partial charge < -0.3 is 9.16 Å². The highest BCUT2D eigenvalue weighted by Crippen LogP contribution is 2.54. The Morgan fingerprint density at radius 2 is 1.59 bits per heavy atom. The summed E-state index contributed by atoms with van der Waals surface area (Å²) in [5, 5.41) is 2.61. The minimum Gasteiger partial charge on any atom is -0.496 e. The Morgan fingerprint density at radius 1 is 0.926 bits per heavy atom. The number of benzene rings is 3. The summed E-state index contributed by atoms with van der Waals surface area (Å²) in [7, 11) is -0.204. The Kier molecular flexibility index (Phi) is 4.21. The van der Waals surface area contributed by atoms with Crippen molar-refractivity contribution in [1.82, 2.24) is 0 Å². The molecule has 0 saturated carbocycles. The molecule has 0 spiro atoms. The summed E-state index contributed by atoms with van der Waals surface area (Å²) < 4.78 is 12.8. The average Bonchev–Trinajstić information content (AvgIpc) is 2.95. The minimum atomic E-state index is -1.96. The molecule has 3 aromatic carbocycles. The standard InChI is InChI=1S/C24H28O2Si/c1-24(2,3)27(5,6)26-23-19-14-10-9-13-18(19)21-20(25-4)15-16-11-7-8-12-17(16)22(21)23/h7-15,23H,1-6H3. The van der Waals surface area contributed by atoms with Crippen LogP contribution in [0.4, 0.5) is 0 Å². The molecule has 0 heterocycles. The van der Waals surface area contributed by atoms with E-state index in [9.17, 15) is 0 Å². The van der Waals surface area contributed by atoms with E-state index < -0.39 is 8.32 Å². The van der Waals surface area contributed by atoms with E-state index in [4.69, 9.17) is 9.16 Å². The van der Waals surface area contributed by atoms with Gasteiger partial charge in [-0.25, -0.2) is 0 Å². The van der Waals surface area contributed by atoms with Crippen molar-refractivity contribution < 1.29 is 9.16 Å². The van der Waals surface area contributed by atoms with E-state index in [0.717, 1.165) is 5.75 Å². The van der Waals surface area contributed by atoms with Crippen LogP contribution in [0.1, 0.15) is 38.0 Å². The van der Waals surface area contributed by atoms with E-state index in [1.165, 1.54) is 33.0 Å². The molecule has 27 heavy (non-hydrogen) atoms. The molecule has 1 atom stereocenters. The van der Waals surface area contributed by atoms with Gasteiger partial charge >= 0.3 is 0 Å². The van der Waals surface area contributed by atoms with Crippen molar-refractivity contribution in [3.63, 3.8) is 0 Å². The third kappa shape index (κ3) is 2.81. The van der Waals surface area contributed by atoms with E-state index in [0.29, 0.717) is 0 Å². The molecule has 3 aromatic rings. The van der Waals surface area contributed by atoms with Crippen molar-refractivity contribution in [2.24, 2.45) is 0 Å². The van der Waals surface area contributed by atoms with Crippen LogP contribution < -0.4 is 4.74 Å². The lowest BCUT2D eigenvalue weighted by molar-refractivity contribution is 0.227. The van der Waals surface area contributed by atoms with E-state index in [2.05, 4.69) is 88.5 Å². The number of methoxy groups -OCH3 is 1. The molecule has 1 aliphatic rings. The third-order valence-electron chi connectivity index (χ3n) is 6.27. The number of hydrogen-bond acceptors (Lipinski definition) is 2. The Balaban J connectivity index is 2.02. The molecule has 4 rings (SSSR count). The first-order valence-corrected chi connectivity index (χ1v) is 12.5. The summed E-state index contributed by atoms with van der Waals surface area (Å²) in [4.78, 5) is 0. The number of fused-ring (bicyclic) bond motifs is 5. The maximum atomic E-state index is 7.01. The molecular weight excluding hydrogens is 348 g/mol. The molecule has 1 unspecified atom stereocenters. The van der Waals surface area contributed by atoms with Gasteiger partial charge in [0, 0.05) is 11.1 Å². The molecule has 0 amide bonds. The van der Waals surface area contributed by atoms with Gasteiger partial charge in [0.15, 0.2) is 8.32 Å². The Hall–Kier alpha value is -2.10. The number of hydrogen-bond donors (Lipinski definition) is 0. The smallest absolute Gasteiger partial charge is 0.193 e. The zero-order valence-electron chi connectivity index (χ0n) is 17.1. The average molecular weight is 377 g/mol. The molecule has 0 saturated heterocycles. The second-order valence-electron chi connectivity index (χ2n) is 8.93. The molecule has 3 heteroatoms. The van der Waals surface area contributed by atoms with Crippen LogP contribution in [0.5, 0.6) is 5.75 Å². The topological polar surface area (TPSA) is 18.5 Å². The molecular formula is C24H28O2Si. The molecule has 140 valence electrons. The molecule has 0 aliphatic heterocycles. The van der Waals surface area contributed by atoms with Gasteiger partial charge in [0.1, 0.15) is 5.75 Å². The number of ether oxygens (including phenoxy) is 1. The van der Waals surface area contributed by atoms with Gasteiger partial charge in [-0.05, 0) is 46.1 Å². The van der Waals surface area contributed by atoms with Gasteiger partial charge in [0.05, 0.1) is 13.2 Å². The predicted octanol–water partition coefficient (Wildman–Crippen LogP) is 6.94. The highest BCUT2D eigenvalue weighted by Gasteiger charge is 2.43. The fraction of sp³-hybridized carbons (Fsp3) is 0.333. The maximum absolute atomic E-state index is 7.01. The second-order valence-corrected chi connectivity index (χ2v) is 13.7. The van der Waals surface area contributed by atoms with Gasteiger partial charge in [-0.15, -0.1) is 0 Å². The third-order valence-corrected chi connectivity index (χ3v) is 10.7. The van der Waals surface area contributed by atoms with Crippen LogP contribution in [0, 0.1) is 0 Å². The summed E-state index contributed by atoms with van der Waals surface area (Å²) in [5.74, 6) is 0.928. The Labute approximate surface area is 163 Å². The van der Waals surface area contributed by atoms with Crippen LogP contribution in [0.3, 0.4) is 0 Å². The van der Waals surface area contributed by atoms with E-state index in [1.807, 2.05) is 0 Å². The highest BCUT2D eigenvalue weighted by atomic mass is 28.4. The molecule has 1 aliphatic carbocycles. The zero-order valence-corrected chi connectivity index (χ0v) is 18.1. The van der Waals surface area contributed by atoms with Gasteiger partial charge in [0.2, 0.25) is 0 Å². The molecule has 0 fully saturated rings. The van der Waals surface area contributed by atoms with E-state index in [-0.39, 0.29) is 11.1 Å². The van der Waals surface area contributed by atoms with Crippen LogP contribution in [-0.2, 0) is 4.43 Å². The monoisotopic (exact) mass is 376 g/mol. The minimum absolute atomic E-state index is 0.0444. The van der Waals surface area contributed by atoms with Crippen molar-refractivity contribution in [3.8, 4) is 16.9 Å². The first kappa shape index (κ1) is 18.3. The predicted molar refractivity (Wildman–Crippen MR) is 116 cm³/mol. The fourth-order valence-corrected chi connectivity index (χ4v) is 4.95. The summed E-state index contributed by atoms with van der Waals surface area (Å²) in [5.41, 5.74) is 4.94. The lowest BCUT2D eigenvalue weighted by Crippen LogP contribution is -2.41. The second kappa shape index (κ2) is 6.22. The van der Waals surface area contributed by atoms with Crippen LogP contribution in [0.15, 0.2) is 54.6 Å². The van der Waals surface area contributed by atoms with Gasteiger partial charge in [-0.1, -0.05) is 69.3 Å². The SMILES string of the molecule is COc1cc2ccccc2c2c1-c1ccccc1C2O[Si](C)(C)C(C)(C)C. The van der Waals surface area contributed by atoms with E-state index >= 15 is 0 Å². The Morgan fingerprint density at radius 3 is 2.30 bits per heavy atom. The fourth-order valence-electron chi connectivity index (χ4n) is 3.76. The largest absolute Gasteiger partial charge is 0.496 e. The summed E-state index contributed by atoms with van der Waals surface area (Å²) >= 11 is 0. The van der Waals surface area contributed by atoms with Crippen molar-refractivity contribution >= 4 is 19.1 Å². The van der Waals surface area contributed by atoms with Crippen molar-refractivity contribution in [3.05, 3.63) is 65.7 Å². The quantitative estimate of drug-likeness (QED) is 0.461. The zero-order chi connectivity index (χ0) is 19.4. The molecule has 0 aromatic heterocycles. The lowest BCUT2D eigenvalue weighted by atomic mass is 9.97. The maximum Gasteiger partial charge on any atom is 0.193 e. The molecule has 0 radical (unpaired) electrons. The first-order valence-electron chi connectivity index (χ1n) is 9.61. The first-order chi connectivity index (χ1) is 12.7. The van der Waals surface area contributed by atoms with Crippen molar-refractivity contribution in [1.29, 1.82) is 0 Å². The van der Waals surface area contributed by atoms with Crippen molar-refractivity contribution in [2.45, 2.75) is 45.0 Å². The molecule has 0 N–H and O–H groups in total. The van der Waals surface area contributed by atoms with Gasteiger partial charge in [0.25, 0.3) is 0 Å². The van der Waals surface area contributed by atoms with Crippen LogP contribution in [0.25, 0.3) is 21.9 Å². The number of rotatable bonds is 3. The normalized spacial score (nSPS) is 16.3. The van der Waals surface area contributed by atoms with E-state index in [1.54, 1.807) is 7.11 Å². The summed E-state index contributed by atoms with van der Waals surface area (Å²) in [6.07, 6.45) is -0.0444. The van der Waals surface area contributed by atoms with Crippen LogP contribution in [-0.4, -0.2) is 15.4 Å². The van der Waals surface area contributed by atoms with Crippen molar-refractivity contribution in [2.75, 3.05) is 7.11 Å². The summed E-state index contributed by atoms with van der Waals surface area (Å²) in [6.45, 7) is 11.5. The van der Waals surface area contributed by atoms with Gasteiger partial charge in [-0.3, -0.25) is 0 Å². The Bertz CT molecular complexity index is 1010. The highest BCUT2D eigenvalue weighted by molar-refractivity contribution is 6.74. The van der Waals surface area contributed by atoms with Gasteiger partial charge in [-0.2, -0.15) is 0 Å². The van der Waals surface area contributed by atoms with Crippen LogP contribution in [0.2, 0.25) is 18.1 Å². The van der Waals surface area contributed by atoms with Crippen LogP contribution >= 0.6 is 0 Å².